The zero-order valence-electron chi connectivity index (χ0n) is 6.86. The molecule has 2 rings (SSSR count). The number of nitrogens with zero attached hydrogens (tertiary/aromatic N) is 3. The highest BCUT2D eigenvalue weighted by atomic mass is 32.1. The molecule has 0 fully saturated rings. The first kappa shape index (κ1) is 8.31. The molecule has 0 unspecified atom stereocenters. The maximum Gasteiger partial charge on any atom is 0.184 e. The van der Waals surface area contributed by atoms with Gasteiger partial charge in [0.25, 0.3) is 0 Å². The second-order valence-corrected chi connectivity index (χ2v) is 2.92. The summed E-state index contributed by atoms with van der Waals surface area (Å²) in [6.07, 6.45) is 3.09. The van der Waals surface area contributed by atoms with Crippen LogP contribution in [0.5, 0.6) is 0 Å². The van der Waals surface area contributed by atoms with Crippen LogP contribution < -0.4 is 5.32 Å². The molecule has 2 heterocycles. The highest BCUT2D eigenvalue weighted by Crippen LogP contribution is 2.20. The van der Waals surface area contributed by atoms with Crippen molar-refractivity contribution in [1.29, 1.82) is 0 Å². The molecule has 0 radical (unpaired) electrons. The molecule has 0 aromatic rings. The minimum Gasteiger partial charge on any atom is -0.369 e. The predicted octanol–water partition coefficient (Wildman–Crippen LogP) is 0.646. The van der Waals surface area contributed by atoms with E-state index in [9.17, 15) is 0 Å². The number of fused-ring (bicyclic) bond motifs is 1. The Morgan fingerprint density at radius 3 is 3.15 bits per heavy atom. The molecule has 2 aliphatic heterocycles. The lowest BCUT2D eigenvalue weighted by Gasteiger charge is -2.06. The zero-order valence-corrected chi connectivity index (χ0v) is 7.75. The molecule has 68 valence electrons. The molecule has 0 aromatic carbocycles. The van der Waals surface area contributed by atoms with Gasteiger partial charge in [-0.3, -0.25) is 0 Å². The second kappa shape index (κ2) is 3.61. The van der Waals surface area contributed by atoms with Gasteiger partial charge >= 0.3 is 0 Å². The van der Waals surface area contributed by atoms with Gasteiger partial charge in [0, 0.05) is 12.3 Å². The van der Waals surface area contributed by atoms with E-state index in [0.717, 1.165) is 23.8 Å². The summed E-state index contributed by atoms with van der Waals surface area (Å²) >= 11 is 4.10. The van der Waals surface area contributed by atoms with Crippen molar-refractivity contribution in [2.24, 2.45) is 0 Å². The Hall–Kier alpha value is -1.30. The summed E-state index contributed by atoms with van der Waals surface area (Å²) in [5.74, 6) is 2.27. The van der Waals surface area contributed by atoms with Gasteiger partial charge in [-0.05, 0) is 0 Å². The summed E-state index contributed by atoms with van der Waals surface area (Å²) in [7, 11) is 0. The van der Waals surface area contributed by atoms with Crippen LogP contribution in [0, 0.1) is 0 Å². The van der Waals surface area contributed by atoms with Gasteiger partial charge in [0.1, 0.15) is 17.8 Å². The number of rotatable bonds is 3. The maximum atomic E-state index is 4.10. The molecular weight excluding hydrogens is 186 g/mol. The van der Waals surface area contributed by atoms with Crippen LogP contribution in [0.15, 0.2) is 12.7 Å². The number of imidazole rings is 1. The lowest BCUT2D eigenvalue weighted by atomic mass is 10.4. The molecule has 2 N–H and O–H groups in total. The molecule has 0 saturated heterocycles. The monoisotopic (exact) mass is 195 g/mol. The number of hydrogen-bond donors (Lipinski definition) is 3. The third kappa shape index (κ3) is 1.57. The lowest BCUT2D eigenvalue weighted by Crippen LogP contribution is -2.06. The molecule has 6 heteroatoms. The standard InChI is InChI=1S/C7H9N5S/c13-2-1-8-6-5-7(10-3-9-5)12-4-11-6/h3-4,13H,1-2H2,(H2,8,9,10,11,12). The van der Waals surface area contributed by atoms with Crippen LogP contribution in [0.2, 0.25) is 0 Å². The number of hydrogen-bond acceptors (Lipinski definition) is 5. The minimum absolute atomic E-state index is 0.653. The van der Waals surface area contributed by atoms with E-state index < -0.39 is 0 Å². The first-order valence-corrected chi connectivity index (χ1v) is 4.54. The van der Waals surface area contributed by atoms with E-state index in [-0.39, 0.29) is 0 Å². The SMILES string of the molecule is SCCNc1[nH]cnc2ncnc1-2. The Labute approximate surface area is 80.8 Å². The van der Waals surface area contributed by atoms with Crippen molar-refractivity contribution in [2.75, 3.05) is 17.6 Å². The molecule has 2 aliphatic rings. The first-order chi connectivity index (χ1) is 6.42. The fourth-order valence-electron chi connectivity index (χ4n) is 1.07. The number of anilines is 1. The Balaban J connectivity index is 2.30. The quantitative estimate of drug-likeness (QED) is 0.629. The predicted molar refractivity (Wildman–Crippen MR) is 53.1 cm³/mol. The van der Waals surface area contributed by atoms with E-state index >= 15 is 0 Å². The summed E-state index contributed by atoms with van der Waals surface area (Å²) in [6.45, 7) is 0.783. The molecule has 0 atom stereocenters. The molecular formula is C7H9N5S. The van der Waals surface area contributed by atoms with Crippen LogP contribution in [-0.4, -0.2) is 32.2 Å². The minimum atomic E-state index is 0.653. The molecule has 13 heavy (non-hydrogen) atoms. The van der Waals surface area contributed by atoms with E-state index in [2.05, 4.69) is 37.9 Å². The third-order valence-corrected chi connectivity index (χ3v) is 1.85. The number of aromatic nitrogens is 4. The van der Waals surface area contributed by atoms with Gasteiger partial charge in [-0.1, -0.05) is 0 Å². The highest BCUT2D eigenvalue weighted by molar-refractivity contribution is 7.80. The Bertz CT molecular complexity index is 360. The fraction of sp³-hybridized carbons (Fsp3) is 0.286. The average molecular weight is 195 g/mol. The van der Waals surface area contributed by atoms with Crippen molar-refractivity contribution in [2.45, 2.75) is 0 Å². The Morgan fingerprint density at radius 1 is 1.38 bits per heavy atom. The summed E-state index contributed by atoms with van der Waals surface area (Å²) in [5, 5.41) is 3.15. The van der Waals surface area contributed by atoms with Crippen molar-refractivity contribution in [3.8, 4) is 11.5 Å². The number of nitrogens with one attached hydrogen (secondary N) is 2. The topological polar surface area (TPSA) is 66.5 Å². The largest absolute Gasteiger partial charge is 0.369 e. The van der Waals surface area contributed by atoms with Crippen molar-refractivity contribution in [1.82, 2.24) is 19.9 Å². The van der Waals surface area contributed by atoms with Crippen molar-refractivity contribution in [3.05, 3.63) is 12.7 Å². The summed E-state index contributed by atoms with van der Waals surface area (Å²) in [5.41, 5.74) is 0.768. The number of H-pyrrole nitrogens is 1. The summed E-state index contributed by atoms with van der Waals surface area (Å²) in [4.78, 5) is 15.1. The number of aromatic amines is 1. The van der Waals surface area contributed by atoms with Gasteiger partial charge < -0.3 is 10.3 Å². The van der Waals surface area contributed by atoms with Gasteiger partial charge in [0.15, 0.2) is 5.82 Å². The molecule has 0 spiro atoms. The molecule has 0 aliphatic carbocycles. The van der Waals surface area contributed by atoms with Crippen LogP contribution in [0.25, 0.3) is 11.5 Å². The Kier molecular flexibility index (Phi) is 2.31. The molecule has 0 aromatic heterocycles. The highest BCUT2D eigenvalue weighted by Gasteiger charge is 2.11. The molecule has 0 amide bonds. The van der Waals surface area contributed by atoms with Crippen LogP contribution >= 0.6 is 12.6 Å². The van der Waals surface area contributed by atoms with Crippen LogP contribution in [-0.2, 0) is 0 Å². The van der Waals surface area contributed by atoms with E-state index in [0.29, 0.717) is 5.82 Å². The van der Waals surface area contributed by atoms with Gasteiger partial charge in [-0.25, -0.2) is 15.0 Å². The summed E-state index contributed by atoms with van der Waals surface area (Å²) in [6, 6.07) is 0. The van der Waals surface area contributed by atoms with Crippen LogP contribution in [0.3, 0.4) is 0 Å². The van der Waals surface area contributed by atoms with E-state index in [1.165, 1.54) is 6.33 Å². The summed E-state index contributed by atoms with van der Waals surface area (Å²) < 4.78 is 0. The second-order valence-electron chi connectivity index (χ2n) is 2.47. The number of thiol groups is 1. The van der Waals surface area contributed by atoms with Crippen molar-refractivity contribution in [3.63, 3.8) is 0 Å². The molecule has 5 nitrogen and oxygen atoms in total. The smallest absolute Gasteiger partial charge is 0.184 e. The van der Waals surface area contributed by atoms with Crippen molar-refractivity contribution >= 4 is 18.4 Å². The van der Waals surface area contributed by atoms with Crippen LogP contribution in [0.4, 0.5) is 5.82 Å². The molecule has 0 saturated carbocycles. The molecule has 0 bridgehead atoms. The van der Waals surface area contributed by atoms with Gasteiger partial charge in [-0.15, -0.1) is 0 Å². The van der Waals surface area contributed by atoms with Gasteiger partial charge in [0.2, 0.25) is 0 Å². The van der Waals surface area contributed by atoms with E-state index in [1.54, 1.807) is 6.33 Å². The zero-order chi connectivity index (χ0) is 9.10. The Morgan fingerprint density at radius 2 is 2.31 bits per heavy atom. The van der Waals surface area contributed by atoms with Crippen LogP contribution in [0.1, 0.15) is 0 Å². The lowest BCUT2D eigenvalue weighted by molar-refractivity contribution is 1.09. The maximum absolute atomic E-state index is 4.10. The first-order valence-electron chi connectivity index (χ1n) is 3.90. The van der Waals surface area contributed by atoms with Gasteiger partial charge in [0.05, 0.1) is 6.33 Å². The normalized spacial score (nSPS) is 10.5. The fourth-order valence-corrected chi connectivity index (χ4v) is 1.18. The van der Waals surface area contributed by atoms with Gasteiger partial charge in [-0.2, -0.15) is 12.6 Å². The third-order valence-electron chi connectivity index (χ3n) is 1.62. The van der Waals surface area contributed by atoms with E-state index in [4.69, 9.17) is 0 Å². The van der Waals surface area contributed by atoms with Crippen molar-refractivity contribution < 1.29 is 0 Å². The average Bonchev–Trinajstić information content (AvgIpc) is 2.62. The van der Waals surface area contributed by atoms with E-state index in [1.807, 2.05) is 0 Å².